The van der Waals surface area contributed by atoms with Crippen LogP contribution < -0.4 is 11.0 Å². The number of nitrogens with zero attached hydrogens (tertiary/aromatic N) is 4. The van der Waals surface area contributed by atoms with Crippen LogP contribution in [0.25, 0.3) is 11.0 Å². The van der Waals surface area contributed by atoms with E-state index in [9.17, 15) is 4.79 Å². The first-order valence-corrected chi connectivity index (χ1v) is 14.6. The van der Waals surface area contributed by atoms with Gasteiger partial charge in [0, 0.05) is 32.2 Å². The standard InChI is InChI=1S/C32H39N5OS/c1-3-34(4-2)23-24-36-28-17-11-12-18-29(28)37(32(36)38)27-19-21-35(22-20-27)31(39)33-30(25-13-7-5-8-14-25)26-15-9-6-10-16-26/h5-18,27,30H,3-4,19-24H2,1-2H3,(H,33,39). The molecule has 1 saturated heterocycles. The summed E-state index contributed by atoms with van der Waals surface area (Å²) < 4.78 is 4.01. The highest BCUT2D eigenvalue weighted by Crippen LogP contribution is 2.27. The van der Waals surface area contributed by atoms with E-state index in [4.69, 9.17) is 12.2 Å². The van der Waals surface area contributed by atoms with Crippen LogP contribution in [-0.4, -0.2) is 56.8 Å². The van der Waals surface area contributed by atoms with E-state index < -0.39 is 0 Å². The minimum absolute atomic E-state index is 0.0102. The van der Waals surface area contributed by atoms with Crippen LogP contribution in [0.4, 0.5) is 0 Å². The highest BCUT2D eigenvalue weighted by Gasteiger charge is 2.27. The third kappa shape index (κ3) is 5.94. The first-order valence-electron chi connectivity index (χ1n) is 14.2. The molecule has 5 rings (SSSR count). The third-order valence-corrected chi connectivity index (χ3v) is 8.43. The lowest BCUT2D eigenvalue weighted by atomic mass is 9.99. The number of hydrogen-bond acceptors (Lipinski definition) is 3. The van der Waals surface area contributed by atoms with Gasteiger partial charge in [-0.15, -0.1) is 0 Å². The maximum absolute atomic E-state index is 13.7. The van der Waals surface area contributed by atoms with Crippen LogP contribution in [0.2, 0.25) is 0 Å². The summed E-state index contributed by atoms with van der Waals surface area (Å²) in [4.78, 5) is 18.3. The second-order valence-corrected chi connectivity index (χ2v) is 10.6. The molecule has 2 heterocycles. The Labute approximate surface area is 236 Å². The first kappa shape index (κ1) is 27.2. The largest absolute Gasteiger partial charge is 0.352 e. The number of para-hydroxylation sites is 2. The number of benzene rings is 3. The molecule has 0 saturated carbocycles. The molecule has 0 radical (unpaired) electrons. The zero-order valence-corrected chi connectivity index (χ0v) is 23.8. The van der Waals surface area contributed by atoms with Crippen molar-refractivity contribution in [2.24, 2.45) is 0 Å². The van der Waals surface area contributed by atoms with Crippen LogP contribution in [0.1, 0.15) is 49.9 Å². The predicted molar refractivity (Wildman–Crippen MR) is 164 cm³/mol. The number of thiocarbonyl (C=S) groups is 1. The number of fused-ring (bicyclic) bond motifs is 1. The molecule has 0 bridgehead atoms. The van der Waals surface area contributed by atoms with Crippen molar-refractivity contribution >= 4 is 28.4 Å². The molecule has 1 aliphatic rings. The zero-order chi connectivity index (χ0) is 27.2. The minimum atomic E-state index is -0.0102. The van der Waals surface area contributed by atoms with E-state index in [0.29, 0.717) is 6.54 Å². The normalized spacial score (nSPS) is 14.4. The lowest BCUT2D eigenvalue weighted by Gasteiger charge is -2.35. The lowest BCUT2D eigenvalue weighted by Crippen LogP contribution is -2.46. The van der Waals surface area contributed by atoms with Crippen molar-refractivity contribution in [2.45, 2.75) is 45.3 Å². The van der Waals surface area contributed by atoms with Gasteiger partial charge in [-0.1, -0.05) is 86.6 Å². The predicted octanol–water partition coefficient (Wildman–Crippen LogP) is 5.45. The Hall–Kier alpha value is -3.42. The Morgan fingerprint density at radius 2 is 1.41 bits per heavy atom. The molecule has 6 nitrogen and oxygen atoms in total. The van der Waals surface area contributed by atoms with E-state index in [2.05, 4.69) is 89.6 Å². The molecule has 204 valence electrons. The molecule has 3 aromatic carbocycles. The molecule has 0 aliphatic carbocycles. The summed E-state index contributed by atoms with van der Waals surface area (Å²) in [6.45, 7) is 9.55. The average Bonchev–Trinajstić information content (AvgIpc) is 3.28. The molecule has 7 heteroatoms. The van der Waals surface area contributed by atoms with Gasteiger partial charge in [0.25, 0.3) is 0 Å². The van der Waals surface area contributed by atoms with E-state index in [1.165, 1.54) is 11.1 Å². The van der Waals surface area contributed by atoms with Crippen LogP contribution in [0.5, 0.6) is 0 Å². The highest BCUT2D eigenvalue weighted by atomic mass is 32.1. The lowest BCUT2D eigenvalue weighted by molar-refractivity contribution is 0.260. The molecule has 0 amide bonds. The van der Waals surface area contributed by atoms with Gasteiger partial charge in [0.1, 0.15) is 0 Å². The summed E-state index contributed by atoms with van der Waals surface area (Å²) in [7, 11) is 0. The average molecular weight is 542 g/mol. The van der Waals surface area contributed by atoms with Gasteiger partial charge in [-0.25, -0.2) is 4.79 Å². The van der Waals surface area contributed by atoms with Crippen LogP contribution in [0.15, 0.2) is 89.7 Å². The SMILES string of the molecule is CCN(CC)CCn1c(=O)n(C2CCN(C(=S)NC(c3ccccc3)c3ccccc3)CC2)c2ccccc21. The summed E-state index contributed by atoms with van der Waals surface area (Å²) in [5.74, 6) is 0. The van der Waals surface area contributed by atoms with Crippen molar-refractivity contribution in [1.82, 2.24) is 24.3 Å². The number of rotatable bonds is 9. The van der Waals surface area contributed by atoms with Gasteiger partial charge in [0.05, 0.1) is 17.1 Å². The number of hydrogen-bond donors (Lipinski definition) is 1. The van der Waals surface area contributed by atoms with Crippen molar-refractivity contribution in [3.8, 4) is 0 Å². The van der Waals surface area contributed by atoms with Gasteiger partial charge in [-0.05, 0) is 61.4 Å². The van der Waals surface area contributed by atoms with E-state index in [-0.39, 0.29) is 17.8 Å². The van der Waals surface area contributed by atoms with E-state index in [0.717, 1.165) is 61.7 Å². The van der Waals surface area contributed by atoms with Gasteiger partial charge in [0.2, 0.25) is 0 Å². The van der Waals surface area contributed by atoms with Crippen molar-refractivity contribution in [3.05, 3.63) is 107 Å². The van der Waals surface area contributed by atoms with Crippen LogP contribution in [0.3, 0.4) is 0 Å². The number of likely N-dealkylation sites (tertiary alicyclic amines) is 1. The van der Waals surface area contributed by atoms with Gasteiger partial charge in [-0.3, -0.25) is 9.13 Å². The van der Waals surface area contributed by atoms with Gasteiger partial charge in [0.15, 0.2) is 5.11 Å². The zero-order valence-electron chi connectivity index (χ0n) is 23.0. The van der Waals surface area contributed by atoms with Crippen LogP contribution >= 0.6 is 12.2 Å². The smallest absolute Gasteiger partial charge is 0.329 e. The maximum Gasteiger partial charge on any atom is 0.329 e. The quantitative estimate of drug-likeness (QED) is 0.286. The highest BCUT2D eigenvalue weighted by molar-refractivity contribution is 7.80. The van der Waals surface area contributed by atoms with Gasteiger partial charge < -0.3 is 15.1 Å². The monoisotopic (exact) mass is 541 g/mol. The Morgan fingerprint density at radius 1 is 0.872 bits per heavy atom. The minimum Gasteiger partial charge on any atom is -0.352 e. The number of nitrogens with one attached hydrogen (secondary N) is 1. The molecule has 1 N–H and O–H groups in total. The van der Waals surface area contributed by atoms with Gasteiger partial charge >= 0.3 is 5.69 Å². The van der Waals surface area contributed by atoms with E-state index >= 15 is 0 Å². The number of piperidine rings is 1. The fourth-order valence-corrected chi connectivity index (χ4v) is 6.07. The van der Waals surface area contributed by atoms with E-state index in [1.54, 1.807) is 0 Å². The second-order valence-electron chi connectivity index (χ2n) is 10.2. The molecule has 0 unspecified atom stereocenters. The summed E-state index contributed by atoms with van der Waals surface area (Å²) in [6, 6.07) is 29.3. The molecular formula is C32H39N5OS. The Kier molecular flexibility index (Phi) is 8.79. The molecule has 0 atom stereocenters. The molecule has 1 aromatic heterocycles. The van der Waals surface area contributed by atoms with Crippen LogP contribution in [-0.2, 0) is 6.54 Å². The molecular weight excluding hydrogens is 502 g/mol. The maximum atomic E-state index is 13.7. The Morgan fingerprint density at radius 3 is 1.97 bits per heavy atom. The topological polar surface area (TPSA) is 45.4 Å². The third-order valence-electron chi connectivity index (χ3n) is 8.05. The molecule has 4 aromatic rings. The molecule has 39 heavy (non-hydrogen) atoms. The molecule has 1 aliphatic heterocycles. The molecule has 0 spiro atoms. The number of likely N-dealkylation sites (N-methyl/N-ethyl adjacent to an activating group) is 1. The fraction of sp³-hybridized carbons (Fsp3) is 0.375. The van der Waals surface area contributed by atoms with E-state index in [1.807, 2.05) is 33.4 Å². The summed E-state index contributed by atoms with van der Waals surface area (Å²) in [6.07, 6.45) is 1.76. The molecule has 1 fully saturated rings. The number of imidazole rings is 1. The summed E-state index contributed by atoms with van der Waals surface area (Å²) >= 11 is 5.93. The van der Waals surface area contributed by atoms with Crippen molar-refractivity contribution in [3.63, 3.8) is 0 Å². The second kappa shape index (κ2) is 12.6. The summed E-state index contributed by atoms with van der Waals surface area (Å²) in [5, 5.41) is 4.40. The number of aromatic nitrogens is 2. The van der Waals surface area contributed by atoms with Crippen molar-refractivity contribution < 1.29 is 0 Å². The van der Waals surface area contributed by atoms with Crippen molar-refractivity contribution in [2.75, 3.05) is 32.7 Å². The Balaban J connectivity index is 1.30. The first-order chi connectivity index (χ1) is 19.1. The van der Waals surface area contributed by atoms with Crippen molar-refractivity contribution in [1.29, 1.82) is 0 Å². The van der Waals surface area contributed by atoms with Gasteiger partial charge in [-0.2, -0.15) is 0 Å². The van der Waals surface area contributed by atoms with Crippen LogP contribution in [0, 0.1) is 0 Å². The Bertz CT molecular complexity index is 1380. The summed E-state index contributed by atoms with van der Waals surface area (Å²) in [5.41, 5.74) is 4.54. The fourth-order valence-electron chi connectivity index (χ4n) is 5.77.